The smallest absolute Gasteiger partial charge is 0.238 e. The topological polar surface area (TPSA) is 82.1 Å². The van der Waals surface area contributed by atoms with Crippen molar-refractivity contribution in [2.75, 3.05) is 33.2 Å². The normalized spacial score (nSPS) is 17.3. The number of likely N-dealkylation sites (N-methyl/N-ethyl adjacent to an activating group) is 1. The van der Waals surface area contributed by atoms with Crippen LogP contribution in [0, 0.1) is 0 Å². The van der Waals surface area contributed by atoms with Gasteiger partial charge in [-0.15, -0.1) is 10.2 Å². The lowest BCUT2D eigenvalue weighted by Crippen LogP contribution is -2.57. The molecule has 0 bridgehead atoms. The molecule has 1 atom stereocenters. The molecule has 1 aliphatic heterocycles. The second-order valence-electron chi connectivity index (χ2n) is 9.02. The van der Waals surface area contributed by atoms with Crippen LogP contribution in [0.4, 0.5) is 0 Å². The van der Waals surface area contributed by atoms with Crippen LogP contribution in [0.2, 0.25) is 0 Å². The van der Waals surface area contributed by atoms with Crippen molar-refractivity contribution in [2.24, 2.45) is 0 Å². The number of hydrogen-bond donors (Lipinski definition) is 2. The van der Waals surface area contributed by atoms with Crippen LogP contribution < -0.4 is 5.32 Å². The predicted molar refractivity (Wildman–Crippen MR) is 133 cm³/mol. The Kier molecular flexibility index (Phi) is 6.69. The Hall–Kier alpha value is -3.49. The zero-order valence-corrected chi connectivity index (χ0v) is 19.5. The molecular weight excluding hydrogens is 426 g/mol. The minimum atomic E-state index is -0.114. The Morgan fingerprint density at radius 1 is 1.12 bits per heavy atom. The second-order valence-corrected chi connectivity index (χ2v) is 9.02. The second kappa shape index (κ2) is 10.2. The van der Waals surface area contributed by atoms with Crippen molar-refractivity contribution in [3.63, 3.8) is 0 Å². The first-order chi connectivity index (χ1) is 16.7. The maximum absolute atomic E-state index is 12.9. The Morgan fingerprint density at radius 3 is 2.76 bits per heavy atom. The molecule has 0 aliphatic carbocycles. The fourth-order valence-electron chi connectivity index (χ4n) is 4.68. The Bertz CT molecular complexity index is 1220. The van der Waals surface area contributed by atoms with E-state index in [1.165, 1.54) is 10.9 Å². The minimum absolute atomic E-state index is 0.106. The van der Waals surface area contributed by atoms with Crippen molar-refractivity contribution in [2.45, 2.75) is 25.4 Å². The van der Waals surface area contributed by atoms with E-state index in [9.17, 15) is 4.79 Å². The predicted octanol–water partition coefficient (Wildman–Crippen LogP) is 2.61. The number of carbonyl (C=O) groups excluding carboxylic acids is 1. The van der Waals surface area contributed by atoms with E-state index in [-0.39, 0.29) is 11.9 Å². The number of amides is 1. The van der Waals surface area contributed by atoms with Gasteiger partial charge in [0.25, 0.3) is 0 Å². The van der Waals surface area contributed by atoms with Crippen molar-refractivity contribution < 1.29 is 4.79 Å². The number of nitrogens with zero attached hydrogens (tertiary/aromatic N) is 5. The van der Waals surface area contributed by atoms with Gasteiger partial charge in [-0.25, -0.2) is 0 Å². The molecule has 8 heteroatoms. The highest BCUT2D eigenvalue weighted by atomic mass is 16.2. The summed E-state index contributed by atoms with van der Waals surface area (Å²) in [5.41, 5.74) is 4.64. The molecule has 0 radical (unpaired) electrons. The maximum Gasteiger partial charge on any atom is 0.238 e. The number of benzene rings is 2. The largest absolute Gasteiger partial charge is 0.361 e. The zero-order chi connectivity index (χ0) is 23.3. The monoisotopic (exact) mass is 457 g/mol. The van der Waals surface area contributed by atoms with Gasteiger partial charge in [0, 0.05) is 49.0 Å². The number of hydrogen-bond acceptors (Lipinski definition) is 5. The maximum atomic E-state index is 12.9. The van der Waals surface area contributed by atoms with E-state index in [1.54, 1.807) is 12.7 Å². The van der Waals surface area contributed by atoms with Crippen molar-refractivity contribution in [1.82, 2.24) is 34.9 Å². The van der Waals surface area contributed by atoms with Gasteiger partial charge in [0.1, 0.15) is 18.7 Å². The lowest BCUT2D eigenvalue weighted by atomic mass is 10.1. The lowest BCUT2D eigenvalue weighted by molar-refractivity contribution is -0.128. The van der Waals surface area contributed by atoms with Gasteiger partial charge in [0.15, 0.2) is 0 Å². The van der Waals surface area contributed by atoms with E-state index in [2.05, 4.69) is 54.7 Å². The summed E-state index contributed by atoms with van der Waals surface area (Å²) >= 11 is 0. The highest BCUT2D eigenvalue weighted by molar-refractivity contribution is 5.85. The molecule has 1 unspecified atom stereocenters. The summed E-state index contributed by atoms with van der Waals surface area (Å²) in [7, 11) is 2.05. The van der Waals surface area contributed by atoms with E-state index >= 15 is 0 Å². The SMILES string of the molecule is CN1CCN(CCCc2c[nH]c3ccc(-n4cnnc4)cc23)CC1C(=O)NCc1ccccc1. The number of aromatic amines is 1. The third kappa shape index (κ3) is 5.03. The first-order valence-corrected chi connectivity index (χ1v) is 11.9. The summed E-state index contributed by atoms with van der Waals surface area (Å²) in [5, 5.41) is 12.2. The van der Waals surface area contributed by atoms with Crippen LogP contribution in [0.5, 0.6) is 0 Å². The number of nitrogens with one attached hydrogen (secondary N) is 2. The summed E-state index contributed by atoms with van der Waals surface area (Å²) in [6, 6.07) is 16.3. The van der Waals surface area contributed by atoms with Gasteiger partial charge in [0.05, 0.1) is 0 Å². The molecule has 1 aliphatic rings. The van der Waals surface area contributed by atoms with Crippen LogP contribution in [-0.4, -0.2) is 74.7 Å². The zero-order valence-electron chi connectivity index (χ0n) is 19.5. The summed E-state index contributed by atoms with van der Waals surface area (Å²) < 4.78 is 1.92. The molecule has 176 valence electrons. The molecule has 1 fully saturated rings. The number of piperazine rings is 1. The van der Waals surface area contributed by atoms with E-state index in [1.807, 2.05) is 41.9 Å². The van der Waals surface area contributed by atoms with Crippen molar-refractivity contribution in [3.8, 4) is 5.69 Å². The number of carbonyl (C=O) groups is 1. The van der Waals surface area contributed by atoms with Gasteiger partial charge in [0.2, 0.25) is 5.91 Å². The molecule has 0 saturated carbocycles. The first-order valence-electron chi connectivity index (χ1n) is 11.9. The van der Waals surface area contributed by atoms with Gasteiger partial charge in [-0.2, -0.15) is 0 Å². The molecule has 34 heavy (non-hydrogen) atoms. The van der Waals surface area contributed by atoms with Crippen LogP contribution in [0.1, 0.15) is 17.5 Å². The Morgan fingerprint density at radius 2 is 1.94 bits per heavy atom. The highest BCUT2D eigenvalue weighted by Crippen LogP contribution is 2.23. The van der Waals surface area contributed by atoms with Crippen LogP contribution >= 0.6 is 0 Å². The third-order valence-electron chi connectivity index (χ3n) is 6.73. The fraction of sp³-hybridized carbons (Fsp3) is 0.346. The molecule has 0 spiro atoms. The van der Waals surface area contributed by atoms with Crippen LogP contribution in [0.25, 0.3) is 16.6 Å². The Balaban J connectivity index is 1.16. The van der Waals surface area contributed by atoms with E-state index in [0.29, 0.717) is 6.54 Å². The molecular formula is C26H31N7O. The van der Waals surface area contributed by atoms with Crippen molar-refractivity contribution in [1.29, 1.82) is 0 Å². The Labute approximate surface area is 199 Å². The van der Waals surface area contributed by atoms with Gasteiger partial charge in [-0.05, 0) is 55.8 Å². The van der Waals surface area contributed by atoms with Crippen LogP contribution in [0.15, 0.2) is 67.4 Å². The van der Waals surface area contributed by atoms with E-state index in [4.69, 9.17) is 0 Å². The third-order valence-corrected chi connectivity index (χ3v) is 6.73. The minimum Gasteiger partial charge on any atom is -0.361 e. The number of fused-ring (bicyclic) bond motifs is 1. The number of aryl methyl sites for hydroxylation is 1. The summed E-state index contributed by atoms with van der Waals surface area (Å²) in [6.45, 7) is 4.21. The average Bonchev–Trinajstić information content (AvgIpc) is 3.54. The summed E-state index contributed by atoms with van der Waals surface area (Å²) in [4.78, 5) is 20.9. The first kappa shape index (κ1) is 22.3. The molecule has 2 aromatic carbocycles. The van der Waals surface area contributed by atoms with Crippen LogP contribution in [0.3, 0.4) is 0 Å². The van der Waals surface area contributed by atoms with Crippen molar-refractivity contribution >= 4 is 16.8 Å². The molecule has 4 aromatic rings. The van der Waals surface area contributed by atoms with Crippen molar-refractivity contribution in [3.05, 3.63) is 78.5 Å². The average molecular weight is 458 g/mol. The molecule has 5 rings (SSSR count). The molecule has 1 saturated heterocycles. The number of H-pyrrole nitrogens is 1. The summed E-state index contributed by atoms with van der Waals surface area (Å²) in [5.74, 6) is 0.106. The molecule has 2 aromatic heterocycles. The van der Waals surface area contributed by atoms with Gasteiger partial charge in [-0.1, -0.05) is 30.3 Å². The fourth-order valence-corrected chi connectivity index (χ4v) is 4.68. The molecule has 2 N–H and O–H groups in total. The molecule has 8 nitrogen and oxygen atoms in total. The lowest BCUT2D eigenvalue weighted by Gasteiger charge is -2.38. The van der Waals surface area contributed by atoms with Gasteiger partial charge >= 0.3 is 0 Å². The van der Waals surface area contributed by atoms with Crippen LogP contribution in [-0.2, 0) is 17.8 Å². The van der Waals surface area contributed by atoms with Gasteiger partial charge < -0.3 is 10.3 Å². The quantitative estimate of drug-likeness (QED) is 0.425. The summed E-state index contributed by atoms with van der Waals surface area (Å²) in [6.07, 6.45) is 7.58. The number of rotatable bonds is 8. The van der Waals surface area contributed by atoms with E-state index < -0.39 is 0 Å². The van der Waals surface area contributed by atoms with Gasteiger partial charge in [-0.3, -0.25) is 19.2 Å². The highest BCUT2D eigenvalue weighted by Gasteiger charge is 2.29. The molecule has 1 amide bonds. The standard InChI is InChI=1S/C26H31N7O/c1-31-12-13-32(17-25(31)26(34)28-15-20-6-3-2-4-7-20)11-5-8-21-16-27-24-10-9-22(14-23(21)24)33-18-29-30-19-33/h2-4,6-7,9-10,14,16,18-19,25,27H,5,8,11-13,15,17H2,1H3,(H,28,34). The number of aromatic nitrogens is 4. The van der Waals surface area contributed by atoms with E-state index in [0.717, 1.165) is 55.8 Å². The molecule has 3 heterocycles.